The molecule has 0 aliphatic carbocycles. The van der Waals surface area contributed by atoms with Crippen molar-refractivity contribution in [3.63, 3.8) is 0 Å². The maximum absolute atomic E-state index is 11.3. The lowest BCUT2D eigenvalue weighted by Gasteiger charge is -2.13. The Balaban J connectivity index is 3.13. The molecule has 0 spiro atoms. The van der Waals surface area contributed by atoms with Gasteiger partial charge in [-0.1, -0.05) is 27.2 Å². The molecule has 5 heteroatoms. The second kappa shape index (κ2) is 6.73. The third-order valence-electron chi connectivity index (χ3n) is 2.64. The monoisotopic (exact) mass is 268 g/mol. The first kappa shape index (κ1) is 15.0. The summed E-state index contributed by atoms with van der Waals surface area (Å²) in [7, 11) is 0. The standard InChI is InChI=1S/C13H20N2O2S/c1-5-7-8(3)18-12-11(13(16)17)9(4)14-10(6-2)15-12/h8H,5-7H2,1-4H3,(H,16,17). The van der Waals surface area contributed by atoms with Gasteiger partial charge in [-0.3, -0.25) is 0 Å². The van der Waals surface area contributed by atoms with Crippen LogP contribution in [0.1, 0.15) is 55.5 Å². The summed E-state index contributed by atoms with van der Waals surface area (Å²) in [5.74, 6) is -0.231. The fourth-order valence-corrected chi connectivity index (χ4v) is 2.99. The molecule has 0 saturated carbocycles. The molecule has 0 bridgehead atoms. The predicted molar refractivity (Wildman–Crippen MR) is 73.3 cm³/mol. The Kier molecular flexibility index (Phi) is 5.59. The molecule has 100 valence electrons. The van der Waals surface area contributed by atoms with E-state index < -0.39 is 5.97 Å². The highest BCUT2D eigenvalue weighted by molar-refractivity contribution is 7.99. The van der Waals surface area contributed by atoms with E-state index in [2.05, 4.69) is 23.8 Å². The lowest BCUT2D eigenvalue weighted by atomic mass is 10.2. The molecule has 0 saturated heterocycles. The molecule has 0 radical (unpaired) electrons. The molecule has 1 rings (SSSR count). The highest BCUT2D eigenvalue weighted by Crippen LogP contribution is 2.28. The van der Waals surface area contributed by atoms with E-state index >= 15 is 0 Å². The number of hydrogen-bond donors (Lipinski definition) is 1. The van der Waals surface area contributed by atoms with Crippen molar-refractivity contribution in [2.75, 3.05) is 0 Å². The Hall–Kier alpha value is -1.10. The van der Waals surface area contributed by atoms with Gasteiger partial charge in [0.1, 0.15) is 16.4 Å². The minimum Gasteiger partial charge on any atom is -0.478 e. The van der Waals surface area contributed by atoms with Crippen LogP contribution in [0.4, 0.5) is 0 Å². The number of rotatable bonds is 6. The zero-order valence-corrected chi connectivity index (χ0v) is 12.2. The number of aromatic nitrogens is 2. The van der Waals surface area contributed by atoms with E-state index in [1.54, 1.807) is 6.92 Å². The minimum atomic E-state index is -0.943. The van der Waals surface area contributed by atoms with E-state index in [9.17, 15) is 9.90 Å². The van der Waals surface area contributed by atoms with Crippen LogP contribution in [0.15, 0.2) is 5.03 Å². The average molecular weight is 268 g/mol. The van der Waals surface area contributed by atoms with Gasteiger partial charge >= 0.3 is 5.97 Å². The number of carbonyl (C=O) groups is 1. The number of carboxylic acid groups (broad SMARTS) is 1. The Morgan fingerprint density at radius 3 is 2.56 bits per heavy atom. The highest BCUT2D eigenvalue weighted by atomic mass is 32.2. The minimum absolute atomic E-state index is 0.250. The zero-order chi connectivity index (χ0) is 13.7. The summed E-state index contributed by atoms with van der Waals surface area (Å²) in [6.45, 7) is 7.93. The van der Waals surface area contributed by atoms with Crippen LogP contribution in [-0.2, 0) is 6.42 Å². The van der Waals surface area contributed by atoms with E-state index in [0.29, 0.717) is 21.8 Å². The summed E-state index contributed by atoms with van der Waals surface area (Å²) in [6.07, 6.45) is 2.85. The Morgan fingerprint density at radius 1 is 1.39 bits per heavy atom. The quantitative estimate of drug-likeness (QED) is 0.633. The molecule has 1 atom stereocenters. The third kappa shape index (κ3) is 3.70. The van der Waals surface area contributed by atoms with Crippen molar-refractivity contribution in [3.05, 3.63) is 17.1 Å². The number of hydrogen-bond acceptors (Lipinski definition) is 4. The molecule has 1 aromatic rings. The first-order valence-electron chi connectivity index (χ1n) is 6.27. The van der Waals surface area contributed by atoms with Crippen molar-refractivity contribution in [3.8, 4) is 0 Å². The van der Waals surface area contributed by atoms with Gasteiger partial charge in [-0.05, 0) is 13.3 Å². The molecule has 4 nitrogen and oxygen atoms in total. The van der Waals surface area contributed by atoms with E-state index in [0.717, 1.165) is 19.3 Å². The molecule has 0 amide bonds. The van der Waals surface area contributed by atoms with Crippen molar-refractivity contribution in [2.45, 2.75) is 57.2 Å². The SMILES string of the molecule is CCCC(C)Sc1nc(CC)nc(C)c1C(=O)O. The lowest BCUT2D eigenvalue weighted by Crippen LogP contribution is -2.10. The van der Waals surface area contributed by atoms with Crippen molar-refractivity contribution < 1.29 is 9.90 Å². The fraction of sp³-hybridized carbons (Fsp3) is 0.615. The van der Waals surface area contributed by atoms with E-state index in [4.69, 9.17) is 0 Å². The number of nitrogens with zero attached hydrogens (tertiary/aromatic N) is 2. The van der Waals surface area contributed by atoms with Gasteiger partial charge in [-0.25, -0.2) is 14.8 Å². The van der Waals surface area contributed by atoms with Crippen LogP contribution in [0.25, 0.3) is 0 Å². The van der Waals surface area contributed by atoms with Crippen molar-refractivity contribution in [1.29, 1.82) is 0 Å². The first-order valence-corrected chi connectivity index (χ1v) is 7.15. The van der Waals surface area contributed by atoms with E-state index in [1.165, 1.54) is 11.8 Å². The molecule has 1 heterocycles. The molecule has 1 aromatic heterocycles. The molecule has 0 fully saturated rings. The lowest BCUT2D eigenvalue weighted by molar-refractivity contribution is 0.0690. The smallest absolute Gasteiger partial charge is 0.340 e. The van der Waals surface area contributed by atoms with Crippen LogP contribution in [0.2, 0.25) is 0 Å². The summed E-state index contributed by atoms with van der Waals surface area (Å²) in [6, 6.07) is 0. The molecular weight excluding hydrogens is 248 g/mol. The van der Waals surface area contributed by atoms with Gasteiger partial charge in [0, 0.05) is 11.7 Å². The average Bonchev–Trinajstić information content (AvgIpc) is 2.27. The maximum atomic E-state index is 11.3. The summed E-state index contributed by atoms with van der Waals surface area (Å²) in [5, 5.41) is 10.2. The molecule has 0 aromatic carbocycles. The Morgan fingerprint density at radius 2 is 2.06 bits per heavy atom. The molecule has 0 aliphatic rings. The number of aromatic carboxylic acids is 1. The third-order valence-corrected chi connectivity index (χ3v) is 3.80. The Labute approximate surface area is 112 Å². The van der Waals surface area contributed by atoms with Gasteiger partial charge in [0.15, 0.2) is 0 Å². The van der Waals surface area contributed by atoms with Crippen LogP contribution in [0.3, 0.4) is 0 Å². The maximum Gasteiger partial charge on any atom is 0.340 e. The van der Waals surface area contributed by atoms with Crippen LogP contribution in [0.5, 0.6) is 0 Å². The normalized spacial score (nSPS) is 12.4. The largest absolute Gasteiger partial charge is 0.478 e. The topological polar surface area (TPSA) is 63.1 Å². The summed E-state index contributed by atoms with van der Waals surface area (Å²) >= 11 is 1.53. The second-order valence-electron chi connectivity index (χ2n) is 4.28. The number of carboxylic acids is 1. The number of thioether (sulfide) groups is 1. The molecule has 18 heavy (non-hydrogen) atoms. The predicted octanol–water partition coefficient (Wildman–Crippen LogP) is 3.33. The zero-order valence-electron chi connectivity index (χ0n) is 11.4. The summed E-state index contributed by atoms with van der Waals surface area (Å²) < 4.78 is 0. The van der Waals surface area contributed by atoms with Crippen molar-refractivity contribution in [1.82, 2.24) is 9.97 Å². The number of aryl methyl sites for hydroxylation is 2. The van der Waals surface area contributed by atoms with E-state index in [-0.39, 0.29) is 5.56 Å². The van der Waals surface area contributed by atoms with Gasteiger partial charge in [0.05, 0.1) is 5.69 Å². The van der Waals surface area contributed by atoms with Crippen LogP contribution < -0.4 is 0 Å². The first-order chi connectivity index (χ1) is 8.49. The van der Waals surface area contributed by atoms with Crippen LogP contribution in [-0.4, -0.2) is 26.3 Å². The molecular formula is C13H20N2O2S. The fourth-order valence-electron chi connectivity index (χ4n) is 1.75. The van der Waals surface area contributed by atoms with Crippen molar-refractivity contribution in [2.24, 2.45) is 0 Å². The summed E-state index contributed by atoms with van der Waals surface area (Å²) in [5.41, 5.74) is 0.806. The van der Waals surface area contributed by atoms with Crippen LogP contribution >= 0.6 is 11.8 Å². The van der Waals surface area contributed by atoms with Gasteiger partial charge in [0.2, 0.25) is 0 Å². The van der Waals surface area contributed by atoms with Gasteiger partial charge in [-0.2, -0.15) is 0 Å². The van der Waals surface area contributed by atoms with Crippen molar-refractivity contribution >= 4 is 17.7 Å². The van der Waals surface area contributed by atoms with Gasteiger partial charge < -0.3 is 5.11 Å². The molecule has 1 N–H and O–H groups in total. The molecule has 1 unspecified atom stereocenters. The van der Waals surface area contributed by atoms with Gasteiger partial charge in [-0.15, -0.1) is 11.8 Å². The second-order valence-corrected chi connectivity index (χ2v) is 5.71. The Bertz CT molecular complexity index is 435. The summed E-state index contributed by atoms with van der Waals surface area (Å²) in [4.78, 5) is 19.9. The van der Waals surface area contributed by atoms with Gasteiger partial charge in [0.25, 0.3) is 0 Å². The van der Waals surface area contributed by atoms with E-state index in [1.807, 2.05) is 6.92 Å². The molecule has 0 aliphatic heterocycles. The highest BCUT2D eigenvalue weighted by Gasteiger charge is 2.19. The van der Waals surface area contributed by atoms with Crippen LogP contribution in [0, 0.1) is 6.92 Å².